The number of ether oxygens (including phenoxy) is 2. The molecule has 2 aliphatic rings. The van der Waals surface area contributed by atoms with E-state index < -0.39 is 0 Å². The van der Waals surface area contributed by atoms with Crippen LogP contribution in [0, 0.1) is 0 Å². The van der Waals surface area contributed by atoms with E-state index in [4.69, 9.17) is 30.5 Å². The zero-order chi connectivity index (χ0) is 26.1. The quantitative estimate of drug-likeness (QED) is 0.367. The minimum Gasteiger partial charge on any atom is -0.496 e. The van der Waals surface area contributed by atoms with E-state index in [1.54, 1.807) is 25.3 Å². The number of rotatable bonds is 6. The van der Waals surface area contributed by atoms with Crippen LogP contribution in [0.3, 0.4) is 0 Å². The monoisotopic (exact) mass is 533 g/mol. The van der Waals surface area contributed by atoms with Gasteiger partial charge in [0, 0.05) is 67.2 Å². The van der Waals surface area contributed by atoms with E-state index in [-0.39, 0.29) is 5.91 Å². The van der Waals surface area contributed by atoms with Gasteiger partial charge < -0.3 is 18.8 Å². The second-order valence-corrected chi connectivity index (χ2v) is 9.89. The van der Waals surface area contributed by atoms with Gasteiger partial charge in [-0.15, -0.1) is 10.2 Å². The molecule has 10 heteroatoms. The molecule has 0 saturated carbocycles. The van der Waals surface area contributed by atoms with Crippen LogP contribution in [0.4, 0.5) is 0 Å². The maximum absolute atomic E-state index is 13.8. The molecular formula is C28H28ClN5O4. The van der Waals surface area contributed by atoms with E-state index >= 15 is 0 Å². The van der Waals surface area contributed by atoms with E-state index in [1.165, 1.54) is 0 Å². The van der Waals surface area contributed by atoms with Gasteiger partial charge in [0.25, 0.3) is 11.8 Å². The molecule has 1 saturated heterocycles. The van der Waals surface area contributed by atoms with Gasteiger partial charge in [-0.25, -0.2) is 0 Å². The maximum atomic E-state index is 13.8. The Labute approximate surface area is 225 Å². The van der Waals surface area contributed by atoms with Crippen LogP contribution < -0.4 is 4.74 Å². The number of hydrogen-bond acceptors (Lipinski definition) is 8. The standard InChI is InChI=1S/C28H28ClN5O4/c1-36-24-7-6-18(29)16-20(24)27-32-31-25(38-27)9-11-33-10-8-23-21(17-33)26(19-4-2-3-5-22(19)30-23)28(35)34-12-14-37-15-13-34/h2-7,16H,8-15,17H2,1H3. The van der Waals surface area contributed by atoms with Crippen molar-refractivity contribution in [1.82, 2.24) is 25.0 Å². The number of amides is 1. The molecule has 2 aliphatic heterocycles. The lowest BCUT2D eigenvalue weighted by Gasteiger charge is -2.32. The number of carbonyl (C=O) groups excluding carboxylic acids is 1. The summed E-state index contributed by atoms with van der Waals surface area (Å²) in [4.78, 5) is 22.9. The molecule has 0 bridgehead atoms. The molecule has 4 aromatic rings. The van der Waals surface area contributed by atoms with Crippen LogP contribution in [0.25, 0.3) is 22.4 Å². The van der Waals surface area contributed by atoms with Gasteiger partial charge >= 0.3 is 0 Å². The Hall–Kier alpha value is -3.53. The molecule has 0 aliphatic carbocycles. The number of benzene rings is 2. The first-order chi connectivity index (χ1) is 18.6. The van der Waals surface area contributed by atoms with E-state index in [2.05, 4.69) is 15.1 Å². The van der Waals surface area contributed by atoms with Gasteiger partial charge in [-0.1, -0.05) is 29.8 Å². The Morgan fingerprint density at radius 1 is 1.11 bits per heavy atom. The van der Waals surface area contributed by atoms with E-state index in [1.807, 2.05) is 29.2 Å². The Bertz CT molecular complexity index is 1480. The second-order valence-electron chi connectivity index (χ2n) is 9.46. The molecule has 4 heterocycles. The van der Waals surface area contributed by atoms with Gasteiger partial charge in [0.05, 0.1) is 37.0 Å². The molecule has 1 fully saturated rings. The van der Waals surface area contributed by atoms with E-state index in [9.17, 15) is 4.79 Å². The third-order valence-electron chi connectivity index (χ3n) is 7.14. The highest BCUT2D eigenvalue weighted by atomic mass is 35.5. The number of aromatic nitrogens is 3. The van der Waals surface area contributed by atoms with Gasteiger partial charge in [0.2, 0.25) is 5.89 Å². The number of halogens is 1. The Balaban J connectivity index is 1.23. The molecule has 0 radical (unpaired) electrons. The number of nitrogens with zero attached hydrogens (tertiary/aromatic N) is 5. The smallest absolute Gasteiger partial charge is 0.255 e. The highest BCUT2D eigenvalue weighted by molar-refractivity contribution is 6.30. The number of methoxy groups -OCH3 is 1. The first kappa shape index (κ1) is 24.8. The summed E-state index contributed by atoms with van der Waals surface area (Å²) in [6.07, 6.45) is 1.36. The molecule has 1 amide bonds. The highest BCUT2D eigenvalue weighted by Gasteiger charge is 2.29. The van der Waals surface area contributed by atoms with E-state index in [0.29, 0.717) is 73.9 Å². The van der Waals surface area contributed by atoms with Crippen molar-refractivity contribution < 1.29 is 18.7 Å². The summed E-state index contributed by atoms with van der Waals surface area (Å²) in [5, 5.41) is 9.93. The van der Waals surface area contributed by atoms with Crippen LogP contribution >= 0.6 is 11.6 Å². The number of hydrogen-bond donors (Lipinski definition) is 0. The third-order valence-corrected chi connectivity index (χ3v) is 7.37. The topological polar surface area (TPSA) is 93.8 Å². The predicted molar refractivity (Wildman–Crippen MR) is 142 cm³/mol. The SMILES string of the molecule is COc1ccc(Cl)cc1-c1nnc(CCN2CCc3nc4ccccc4c(C(=O)N4CCOCC4)c3C2)o1. The normalized spacial score (nSPS) is 16.0. The zero-order valence-corrected chi connectivity index (χ0v) is 21.9. The van der Waals surface area contributed by atoms with Crippen molar-refractivity contribution in [3.05, 3.63) is 70.2 Å². The molecule has 2 aromatic carbocycles. The van der Waals surface area contributed by atoms with Crippen molar-refractivity contribution in [2.75, 3.05) is 46.5 Å². The summed E-state index contributed by atoms with van der Waals surface area (Å²) in [5.74, 6) is 1.59. The van der Waals surface area contributed by atoms with Crippen LogP contribution in [-0.2, 0) is 24.1 Å². The van der Waals surface area contributed by atoms with E-state index in [0.717, 1.165) is 40.7 Å². The third kappa shape index (κ3) is 4.84. The molecule has 0 N–H and O–H groups in total. The molecule has 38 heavy (non-hydrogen) atoms. The largest absolute Gasteiger partial charge is 0.496 e. The minimum atomic E-state index is 0.0574. The Kier molecular flexibility index (Phi) is 6.97. The van der Waals surface area contributed by atoms with Crippen molar-refractivity contribution in [3.63, 3.8) is 0 Å². The van der Waals surface area contributed by atoms with Crippen molar-refractivity contribution in [1.29, 1.82) is 0 Å². The number of morpholine rings is 1. The van der Waals surface area contributed by atoms with Crippen molar-refractivity contribution in [3.8, 4) is 17.2 Å². The average molecular weight is 534 g/mol. The fourth-order valence-electron chi connectivity index (χ4n) is 5.17. The second kappa shape index (κ2) is 10.7. The molecular weight excluding hydrogens is 506 g/mol. The predicted octanol–water partition coefficient (Wildman–Crippen LogP) is 4.02. The lowest BCUT2D eigenvalue weighted by Crippen LogP contribution is -2.42. The fraction of sp³-hybridized carbons (Fsp3) is 0.357. The van der Waals surface area contributed by atoms with Crippen LogP contribution in [0.2, 0.25) is 5.02 Å². The molecule has 0 unspecified atom stereocenters. The first-order valence-corrected chi connectivity index (χ1v) is 13.1. The van der Waals surface area contributed by atoms with Crippen LogP contribution in [0.5, 0.6) is 5.75 Å². The zero-order valence-electron chi connectivity index (χ0n) is 21.2. The van der Waals surface area contributed by atoms with Crippen molar-refractivity contribution in [2.24, 2.45) is 0 Å². The molecule has 196 valence electrons. The van der Waals surface area contributed by atoms with Gasteiger partial charge in [-0.05, 0) is 24.3 Å². The fourth-order valence-corrected chi connectivity index (χ4v) is 5.34. The van der Waals surface area contributed by atoms with Crippen LogP contribution in [0.15, 0.2) is 46.9 Å². The summed E-state index contributed by atoms with van der Waals surface area (Å²) in [5.41, 5.74) is 4.32. The Morgan fingerprint density at radius 3 is 2.79 bits per heavy atom. The summed E-state index contributed by atoms with van der Waals surface area (Å²) in [6.45, 7) is 4.53. The number of para-hydroxylation sites is 1. The maximum Gasteiger partial charge on any atom is 0.255 e. The van der Waals surface area contributed by atoms with Crippen molar-refractivity contribution >= 4 is 28.4 Å². The Morgan fingerprint density at radius 2 is 1.95 bits per heavy atom. The summed E-state index contributed by atoms with van der Waals surface area (Å²) in [6, 6.07) is 13.2. The first-order valence-electron chi connectivity index (χ1n) is 12.8. The lowest BCUT2D eigenvalue weighted by molar-refractivity contribution is 0.0302. The molecule has 9 nitrogen and oxygen atoms in total. The van der Waals surface area contributed by atoms with Crippen molar-refractivity contribution in [2.45, 2.75) is 19.4 Å². The molecule has 0 atom stereocenters. The molecule has 6 rings (SSSR count). The molecule has 0 spiro atoms. The summed E-state index contributed by atoms with van der Waals surface area (Å²) >= 11 is 6.16. The highest BCUT2D eigenvalue weighted by Crippen LogP contribution is 2.32. The number of fused-ring (bicyclic) bond motifs is 2. The summed E-state index contributed by atoms with van der Waals surface area (Å²) < 4.78 is 16.9. The van der Waals surface area contributed by atoms with Gasteiger partial charge in [0.15, 0.2) is 0 Å². The van der Waals surface area contributed by atoms with Crippen LogP contribution in [-0.4, -0.2) is 77.4 Å². The number of carbonyl (C=O) groups is 1. The minimum absolute atomic E-state index is 0.0574. The average Bonchev–Trinajstić information content (AvgIpc) is 3.44. The summed E-state index contributed by atoms with van der Waals surface area (Å²) in [7, 11) is 1.59. The van der Waals surface area contributed by atoms with Gasteiger partial charge in [-0.3, -0.25) is 14.7 Å². The molecule has 2 aromatic heterocycles. The van der Waals surface area contributed by atoms with Crippen LogP contribution in [0.1, 0.15) is 27.5 Å². The number of pyridine rings is 1. The van der Waals surface area contributed by atoms with Gasteiger partial charge in [0.1, 0.15) is 5.75 Å². The lowest BCUT2D eigenvalue weighted by atomic mass is 9.94. The van der Waals surface area contributed by atoms with Gasteiger partial charge in [-0.2, -0.15) is 0 Å².